The summed E-state index contributed by atoms with van der Waals surface area (Å²) in [6.45, 7) is 0. The fourth-order valence-corrected chi connectivity index (χ4v) is 8.67. The predicted octanol–water partition coefficient (Wildman–Crippen LogP) is 12.1. The second-order valence-electron chi connectivity index (χ2n) is 13.1. The third kappa shape index (κ3) is 4.79. The van der Waals surface area contributed by atoms with Gasteiger partial charge in [-0.1, -0.05) is 109 Å². The maximum absolute atomic E-state index is 6.51. The molecule has 7 aromatic carbocycles. The van der Waals surface area contributed by atoms with Gasteiger partial charge in [-0.2, -0.15) is 9.97 Å². The molecule has 0 atom stereocenters. The summed E-state index contributed by atoms with van der Waals surface area (Å²) in [7, 11) is 0. The van der Waals surface area contributed by atoms with Crippen molar-refractivity contribution in [2.45, 2.75) is 0 Å². The van der Waals surface area contributed by atoms with Gasteiger partial charge < -0.3 is 4.42 Å². The maximum Gasteiger partial charge on any atom is 0.238 e. The minimum atomic E-state index is 0.510. The molecule has 0 bridgehead atoms. The number of oxazole rings is 1. The number of nitrogens with zero attached hydrogens (tertiary/aromatic N) is 5. The highest BCUT2D eigenvalue weighted by molar-refractivity contribution is 7.26. The van der Waals surface area contributed by atoms with Crippen molar-refractivity contribution in [2.24, 2.45) is 0 Å². The van der Waals surface area contributed by atoms with E-state index in [-0.39, 0.29) is 0 Å². The van der Waals surface area contributed by atoms with Crippen LogP contribution in [0.2, 0.25) is 0 Å². The number of fused-ring (bicyclic) bond motifs is 7. The zero-order chi connectivity index (χ0) is 34.9. The summed E-state index contributed by atoms with van der Waals surface area (Å²) in [5.41, 5.74) is 8.32. The van der Waals surface area contributed by atoms with Crippen molar-refractivity contribution in [1.82, 2.24) is 24.5 Å². The van der Waals surface area contributed by atoms with E-state index in [9.17, 15) is 0 Å². The Balaban J connectivity index is 1.20. The Morgan fingerprint density at radius 1 is 0.453 bits per heavy atom. The first-order chi connectivity index (χ1) is 26.3. The van der Waals surface area contributed by atoms with Crippen molar-refractivity contribution in [3.8, 4) is 51.3 Å². The molecule has 0 aliphatic heterocycles. The van der Waals surface area contributed by atoms with Crippen LogP contribution in [0.15, 0.2) is 168 Å². The second kappa shape index (κ2) is 11.8. The number of hydrogen-bond donors (Lipinski definition) is 0. The van der Waals surface area contributed by atoms with Crippen LogP contribution in [0.3, 0.4) is 0 Å². The lowest BCUT2D eigenvalue weighted by atomic mass is 10.0. The summed E-state index contributed by atoms with van der Waals surface area (Å²) < 4.78 is 11.0. The van der Waals surface area contributed by atoms with E-state index in [1.165, 1.54) is 21.0 Å². The SMILES string of the molecule is c1ccc(-c2ccc3c(c2)c2ccccc2n3-c2nc(-c3cccc4nc(-c5ccccc5)oc34)nc(-c3cccc4c3sc3ccccc34)n2)cc1. The maximum atomic E-state index is 6.51. The molecule has 0 fully saturated rings. The van der Waals surface area contributed by atoms with Gasteiger partial charge in [-0.25, -0.2) is 9.97 Å². The van der Waals surface area contributed by atoms with E-state index in [1.54, 1.807) is 11.3 Å². The molecule has 248 valence electrons. The average Bonchev–Trinajstić information content (AvgIpc) is 3.93. The summed E-state index contributed by atoms with van der Waals surface area (Å²) in [6, 6.07) is 56.4. The third-order valence-electron chi connectivity index (χ3n) is 9.93. The molecule has 11 rings (SSSR count). The smallest absolute Gasteiger partial charge is 0.238 e. The number of benzene rings is 7. The Bertz CT molecular complexity index is 3180. The summed E-state index contributed by atoms with van der Waals surface area (Å²) in [4.78, 5) is 20.7. The zero-order valence-corrected chi connectivity index (χ0v) is 29.0. The van der Waals surface area contributed by atoms with Crippen LogP contribution < -0.4 is 0 Å². The second-order valence-corrected chi connectivity index (χ2v) is 14.1. The number of para-hydroxylation sites is 2. The van der Waals surface area contributed by atoms with E-state index in [0.29, 0.717) is 29.1 Å². The first-order valence-electron chi connectivity index (χ1n) is 17.5. The van der Waals surface area contributed by atoms with Gasteiger partial charge in [0.2, 0.25) is 11.8 Å². The van der Waals surface area contributed by atoms with Crippen molar-refractivity contribution in [3.63, 3.8) is 0 Å². The molecule has 0 radical (unpaired) electrons. The van der Waals surface area contributed by atoms with Crippen LogP contribution in [0.5, 0.6) is 0 Å². The summed E-state index contributed by atoms with van der Waals surface area (Å²) >= 11 is 1.76. The van der Waals surface area contributed by atoms with Gasteiger partial charge in [0.1, 0.15) is 5.52 Å². The van der Waals surface area contributed by atoms with Gasteiger partial charge >= 0.3 is 0 Å². The van der Waals surface area contributed by atoms with Gasteiger partial charge in [0, 0.05) is 42.1 Å². The van der Waals surface area contributed by atoms with Crippen molar-refractivity contribution in [3.05, 3.63) is 164 Å². The Labute approximate surface area is 307 Å². The minimum Gasteiger partial charge on any atom is -0.435 e. The normalized spacial score (nSPS) is 11.8. The molecule has 0 N–H and O–H groups in total. The third-order valence-corrected chi connectivity index (χ3v) is 11.1. The van der Waals surface area contributed by atoms with Crippen LogP contribution in [-0.4, -0.2) is 24.5 Å². The van der Waals surface area contributed by atoms with Gasteiger partial charge in [0.15, 0.2) is 17.2 Å². The van der Waals surface area contributed by atoms with E-state index in [0.717, 1.165) is 54.3 Å². The molecule has 53 heavy (non-hydrogen) atoms. The van der Waals surface area contributed by atoms with Gasteiger partial charge in [0.25, 0.3) is 0 Å². The number of rotatable bonds is 5. The molecule has 0 saturated heterocycles. The number of hydrogen-bond acceptors (Lipinski definition) is 6. The zero-order valence-electron chi connectivity index (χ0n) is 28.1. The molecule has 0 saturated carbocycles. The van der Waals surface area contributed by atoms with E-state index >= 15 is 0 Å². The van der Waals surface area contributed by atoms with Gasteiger partial charge in [-0.05, 0) is 65.7 Å². The van der Waals surface area contributed by atoms with E-state index in [4.69, 9.17) is 24.4 Å². The molecule has 4 heterocycles. The monoisotopic (exact) mass is 697 g/mol. The highest BCUT2D eigenvalue weighted by Crippen LogP contribution is 2.41. The van der Waals surface area contributed by atoms with Crippen LogP contribution in [0.25, 0.3) is 104 Å². The van der Waals surface area contributed by atoms with Crippen molar-refractivity contribution >= 4 is 64.4 Å². The Hall–Kier alpha value is -6.96. The van der Waals surface area contributed by atoms with Crippen LogP contribution in [0.4, 0.5) is 0 Å². The van der Waals surface area contributed by atoms with Crippen LogP contribution in [-0.2, 0) is 0 Å². The Morgan fingerprint density at radius 3 is 1.96 bits per heavy atom. The van der Waals surface area contributed by atoms with Gasteiger partial charge in [-0.15, -0.1) is 11.3 Å². The molecular formula is C46H27N5OS. The van der Waals surface area contributed by atoms with E-state index in [2.05, 4.69) is 114 Å². The van der Waals surface area contributed by atoms with Crippen LogP contribution >= 0.6 is 11.3 Å². The molecule has 0 unspecified atom stereocenters. The molecule has 4 aromatic heterocycles. The van der Waals surface area contributed by atoms with Gasteiger partial charge in [-0.3, -0.25) is 4.57 Å². The largest absolute Gasteiger partial charge is 0.435 e. The summed E-state index contributed by atoms with van der Waals surface area (Å²) in [6.07, 6.45) is 0. The molecular weight excluding hydrogens is 671 g/mol. The molecule has 11 aromatic rings. The fraction of sp³-hybridized carbons (Fsp3) is 0. The fourth-order valence-electron chi connectivity index (χ4n) is 7.46. The molecule has 6 nitrogen and oxygen atoms in total. The molecule has 7 heteroatoms. The standard InChI is InChI=1S/C46H27N5OS/c1-3-13-28(14-4-1)30-25-26-39-36(27-30)31-17-7-9-23-38(31)51(39)46-49-43(34-20-12-22-37-41(34)52-45(47-37)29-15-5-2-6-16-29)48-44(50-46)35-21-11-19-33-32-18-8-10-24-40(32)53-42(33)35/h1-27H. The Morgan fingerprint density at radius 2 is 1.11 bits per heavy atom. The summed E-state index contributed by atoms with van der Waals surface area (Å²) in [5, 5.41) is 4.66. The lowest BCUT2D eigenvalue weighted by Crippen LogP contribution is -2.06. The number of aromatic nitrogens is 5. The van der Waals surface area contributed by atoms with Crippen molar-refractivity contribution < 1.29 is 4.42 Å². The first kappa shape index (κ1) is 29.7. The average molecular weight is 698 g/mol. The highest BCUT2D eigenvalue weighted by Gasteiger charge is 2.22. The van der Waals surface area contributed by atoms with Crippen molar-refractivity contribution in [2.75, 3.05) is 0 Å². The minimum absolute atomic E-state index is 0.510. The Kier molecular flexibility index (Phi) is 6.62. The molecule has 0 aliphatic rings. The molecule has 0 aliphatic carbocycles. The lowest BCUT2D eigenvalue weighted by Gasteiger charge is -2.11. The van der Waals surface area contributed by atoms with Crippen LogP contribution in [0.1, 0.15) is 0 Å². The number of thiophene rings is 1. The van der Waals surface area contributed by atoms with E-state index in [1.807, 2.05) is 54.6 Å². The van der Waals surface area contributed by atoms with Gasteiger partial charge in [0.05, 0.1) is 16.6 Å². The quantitative estimate of drug-likeness (QED) is 0.179. The highest BCUT2D eigenvalue weighted by atomic mass is 32.1. The topological polar surface area (TPSA) is 69.6 Å². The molecule has 0 amide bonds. The predicted molar refractivity (Wildman–Crippen MR) is 216 cm³/mol. The lowest BCUT2D eigenvalue weighted by molar-refractivity contribution is 0.620. The van der Waals surface area contributed by atoms with Crippen molar-refractivity contribution in [1.29, 1.82) is 0 Å². The van der Waals surface area contributed by atoms with E-state index < -0.39 is 0 Å². The van der Waals surface area contributed by atoms with Crippen LogP contribution in [0, 0.1) is 0 Å². The summed E-state index contributed by atoms with van der Waals surface area (Å²) in [5.74, 6) is 2.18. The first-order valence-corrected chi connectivity index (χ1v) is 18.3. The molecule has 0 spiro atoms.